The second-order valence-corrected chi connectivity index (χ2v) is 5.49. The van der Waals surface area contributed by atoms with Crippen LogP contribution in [-0.4, -0.2) is 47.1 Å². The topological polar surface area (TPSA) is 33.7 Å². The second-order valence-electron chi connectivity index (χ2n) is 5.49. The van der Waals surface area contributed by atoms with Gasteiger partial charge < -0.3 is 19.7 Å². The quantitative estimate of drug-likeness (QED) is 0.747. The van der Waals surface area contributed by atoms with Gasteiger partial charge in [0.25, 0.3) is 0 Å². The van der Waals surface area contributed by atoms with Crippen LogP contribution in [0.4, 0.5) is 5.69 Å². The number of nitrogens with one attached hydrogen (secondary N) is 1. The number of para-hydroxylation sites is 1. The van der Waals surface area contributed by atoms with Gasteiger partial charge in [0, 0.05) is 45.1 Å². The SMILES string of the molecule is CNC1CCCN(CCOCCCOC)c2ccccc21. The van der Waals surface area contributed by atoms with Gasteiger partial charge in [-0.25, -0.2) is 0 Å². The van der Waals surface area contributed by atoms with E-state index < -0.39 is 0 Å². The summed E-state index contributed by atoms with van der Waals surface area (Å²) in [4.78, 5) is 2.46. The van der Waals surface area contributed by atoms with Gasteiger partial charge in [-0.05, 0) is 37.9 Å². The molecule has 1 unspecified atom stereocenters. The lowest BCUT2D eigenvalue weighted by atomic mass is 10.0. The molecule has 0 aromatic heterocycles. The molecule has 1 aromatic rings. The lowest BCUT2D eigenvalue weighted by Gasteiger charge is -2.25. The maximum Gasteiger partial charge on any atom is 0.0641 e. The molecule has 2 rings (SSSR count). The normalized spacial score (nSPS) is 18.4. The summed E-state index contributed by atoms with van der Waals surface area (Å²) in [5.74, 6) is 0. The molecule has 118 valence electrons. The zero-order chi connectivity index (χ0) is 14.9. The molecule has 0 bridgehead atoms. The summed E-state index contributed by atoms with van der Waals surface area (Å²) in [5.41, 5.74) is 2.77. The summed E-state index contributed by atoms with van der Waals surface area (Å²) in [6, 6.07) is 9.20. The van der Waals surface area contributed by atoms with E-state index in [0.29, 0.717) is 6.04 Å². The van der Waals surface area contributed by atoms with E-state index in [1.807, 2.05) is 0 Å². The molecule has 1 atom stereocenters. The third kappa shape index (κ3) is 4.70. The number of hydrogen-bond donors (Lipinski definition) is 1. The third-order valence-electron chi connectivity index (χ3n) is 4.06. The van der Waals surface area contributed by atoms with Crippen LogP contribution >= 0.6 is 0 Å². The lowest BCUT2D eigenvalue weighted by molar-refractivity contribution is 0.107. The molecule has 1 aliphatic rings. The summed E-state index contributed by atoms with van der Waals surface area (Å²) in [6.07, 6.45) is 3.37. The van der Waals surface area contributed by atoms with Gasteiger partial charge >= 0.3 is 0 Å². The van der Waals surface area contributed by atoms with E-state index in [0.717, 1.165) is 39.3 Å². The van der Waals surface area contributed by atoms with Crippen molar-refractivity contribution in [3.63, 3.8) is 0 Å². The number of rotatable bonds is 8. The van der Waals surface area contributed by atoms with Crippen LogP contribution < -0.4 is 10.2 Å². The van der Waals surface area contributed by atoms with Crippen molar-refractivity contribution < 1.29 is 9.47 Å². The predicted octanol–water partition coefficient (Wildman–Crippen LogP) is 2.60. The van der Waals surface area contributed by atoms with Gasteiger partial charge in [-0.2, -0.15) is 0 Å². The molecule has 0 saturated carbocycles. The minimum atomic E-state index is 0.467. The number of benzene rings is 1. The van der Waals surface area contributed by atoms with Gasteiger partial charge in [-0.1, -0.05) is 18.2 Å². The molecule has 0 spiro atoms. The van der Waals surface area contributed by atoms with Crippen molar-refractivity contribution in [2.75, 3.05) is 52.0 Å². The van der Waals surface area contributed by atoms with Crippen LogP contribution in [0.1, 0.15) is 30.9 Å². The summed E-state index contributed by atoms with van der Waals surface area (Å²) >= 11 is 0. The van der Waals surface area contributed by atoms with Gasteiger partial charge in [0.05, 0.1) is 6.61 Å². The molecule has 0 fully saturated rings. The largest absolute Gasteiger partial charge is 0.385 e. The van der Waals surface area contributed by atoms with Gasteiger partial charge in [-0.15, -0.1) is 0 Å². The second kappa shape index (κ2) is 9.03. The Bertz CT molecular complexity index is 412. The molecule has 4 nitrogen and oxygen atoms in total. The van der Waals surface area contributed by atoms with Crippen LogP contribution in [0.25, 0.3) is 0 Å². The first kappa shape index (κ1) is 16.3. The minimum Gasteiger partial charge on any atom is -0.385 e. The zero-order valence-corrected chi connectivity index (χ0v) is 13.3. The van der Waals surface area contributed by atoms with Crippen molar-refractivity contribution in [3.8, 4) is 0 Å². The Morgan fingerprint density at radius 1 is 1.24 bits per heavy atom. The van der Waals surface area contributed by atoms with Crippen molar-refractivity contribution in [2.45, 2.75) is 25.3 Å². The average molecular weight is 292 g/mol. The Hall–Kier alpha value is -1.10. The van der Waals surface area contributed by atoms with Crippen molar-refractivity contribution in [1.29, 1.82) is 0 Å². The molecule has 1 aromatic carbocycles. The highest BCUT2D eigenvalue weighted by atomic mass is 16.5. The number of anilines is 1. The van der Waals surface area contributed by atoms with E-state index in [1.165, 1.54) is 24.1 Å². The average Bonchev–Trinajstić information content (AvgIpc) is 2.70. The number of nitrogens with zero attached hydrogens (tertiary/aromatic N) is 1. The fourth-order valence-corrected chi connectivity index (χ4v) is 2.95. The molecule has 21 heavy (non-hydrogen) atoms. The fourth-order valence-electron chi connectivity index (χ4n) is 2.95. The first-order valence-corrected chi connectivity index (χ1v) is 7.94. The standard InChI is InChI=1S/C17H28N2O2/c1-18-16-8-5-10-19(11-14-21-13-6-12-20-2)17-9-4-3-7-15(16)17/h3-4,7,9,16,18H,5-6,8,10-14H2,1-2H3. The number of methoxy groups -OCH3 is 1. The van der Waals surface area contributed by atoms with E-state index in [1.54, 1.807) is 7.11 Å². The van der Waals surface area contributed by atoms with Gasteiger partial charge in [0.1, 0.15) is 0 Å². The Morgan fingerprint density at radius 2 is 2.10 bits per heavy atom. The highest BCUT2D eigenvalue weighted by molar-refractivity contribution is 5.55. The van der Waals surface area contributed by atoms with E-state index >= 15 is 0 Å². The van der Waals surface area contributed by atoms with Crippen molar-refractivity contribution in [2.24, 2.45) is 0 Å². The highest BCUT2D eigenvalue weighted by Gasteiger charge is 2.20. The summed E-state index contributed by atoms with van der Waals surface area (Å²) in [7, 11) is 3.78. The minimum absolute atomic E-state index is 0.467. The first-order chi connectivity index (χ1) is 10.4. The van der Waals surface area contributed by atoms with Crippen LogP contribution in [0.3, 0.4) is 0 Å². The Labute approximate surface area is 128 Å². The molecule has 0 aliphatic carbocycles. The molecule has 1 N–H and O–H groups in total. The van der Waals surface area contributed by atoms with Crippen molar-refractivity contribution >= 4 is 5.69 Å². The van der Waals surface area contributed by atoms with Crippen LogP contribution in [0.5, 0.6) is 0 Å². The third-order valence-corrected chi connectivity index (χ3v) is 4.06. The molecule has 0 amide bonds. The smallest absolute Gasteiger partial charge is 0.0641 e. The van der Waals surface area contributed by atoms with E-state index in [-0.39, 0.29) is 0 Å². The fraction of sp³-hybridized carbons (Fsp3) is 0.647. The number of hydrogen-bond acceptors (Lipinski definition) is 4. The molecule has 1 heterocycles. The van der Waals surface area contributed by atoms with Crippen LogP contribution in [0.15, 0.2) is 24.3 Å². The van der Waals surface area contributed by atoms with Gasteiger partial charge in [-0.3, -0.25) is 0 Å². The maximum absolute atomic E-state index is 5.71. The Balaban J connectivity index is 1.90. The molecular formula is C17H28N2O2. The zero-order valence-electron chi connectivity index (χ0n) is 13.3. The van der Waals surface area contributed by atoms with E-state index in [9.17, 15) is 0 Å². The summed E-state index contributed by atoms with van der Waals surface area (Å²) in [6.45, 7) is 4.40. The van der Waals surface area contributed by atoms with Crippen LogP contribution in [-0.2, 0) is 9.47 Å². The van der Waals surface area contributed by atoms with Crippen LogP contribution in [0, 0.1) is 0 Å². The molecule has 4 heteroatoms. The number of fused-ring (bicyclic) bond motifs is 1. The summed E-state index contributed by atoms with van der Waals surface area (Å²) in [5, 5.41) is 3.44. The lowest BCUT2D eigenvalue weighted by Crippen LogP contribution is -2.28. The molecule has 0 saturated heterocycles. The number of ether oxygens (including phenoxy) is 2. The van der Waals surface area contributed by atoms with Gasteiger partial charge in [0.2, 0.25) is 0 Å². The maximum atomic E-state index is 5.71. The predicted molar refractivity (Wildman–Crippen MR) is 87.0 cm³/mol. The van der Waals surface area contributed by atoms with Crippen LogP contribution in [0.2, 0.25) is 0 Å². The Kier molecular flexibility index (Phi) is 7.00. The molecular weight excluding hydrogens is 264 g/mol. The van der Waals surface area contributed by atoms with Gasteiger partial charge in [0.15, 0.2) is 0 Å². The Morgan fingerprint density at radius 3 is 2.90 bits per heavy atom. The highest BCUT2D eigenvalue weighted by Crippen LogP contribution is 2.32. The monoisotopic (exact) mass is 292 g/mol. The summed E-state index contributed by atoms with van der Waals surface area (Å²) < 4.78 is 10.7. The van der Waals surface area contributed by atoms with E-state index in [2.05, 4.69) is 41.5 Å². The van der Waals surface area contributed by atoms with Crippen molar-refractivity contribution in [1.82, 2.24) is 5.32 Å². The van der Waals surface area contributed by atoms with E-state index in [4.69, 9.17) is 9.47 Å². The van der Waals surface area contributed by atoms with Crippen molar-refractivity contribution in [3.05, 3.63) is 29.8 Å². The molecule has 1 aliphatic heterocycles. The molecule has 0 radical (unpaired) electrons. The first-order valence-electron chi connectivity index (χ1n) is 7.94.